The summed E-state index contributed by atoms with van der Waals surface area (Å²) in [7, 11) is 0. The van der Waals surface area contributed by atoms with Gasteiger partial charge in [0.25, 0.3) is 0 Å². The second-order valence-corrected chi connectivity index (χ2v) is 1.68. The molecular weight excluding hydrogens is 270 g/mol. The average molecular weight is 286 g/mol. The summed E-state index contributed by atoms with van der Waals surface area (Å²) in [6.45, 7) is 2.35. The summed E-state index contributed by atoms with van der Waals surface area (Å²) in [5, 5.41) is 26.6. The minimum Gasteiger partial charge on any atom is -0.879 e. The third kappa shape index (κ3) is 92.3. The molecule has 0 atom stereocenters. The molecule has 86 valence electrons. The monoisotopic (exact) mass is 286 g/mol. The Bertz CT molecular complexity index is 129. The first kappa shape index (κ1) is 37.0. The molecule has 0 aliphatic heterocycles. The van der Waals surface area contributed by atoms with E-state index < -0.39 is 6.61 Å². The SMILES string of the molecule is CC(=[N-])C[O-].CC([NH-])=C[O-].N.N.[Mn+2].[Mn+2]. The summed E-state index contributed by atoms with van der Waals surface area (Å²) in [5.41, 5.74) is 6.40. The van der Waals surface area contributed by atoms with E-state index in [1.807, 2.05) is 0 Å². The fraction of sp³-hybridized carbons (Fsp3) is 0.500. The Morgan fingerprint density at radius 3 is 1.43 bits per heavy atom. The van der Waals surface area contributed by atoms with Crippen molar-refractivity contribution < 1.29 is 44.4 Å². The zero-order valence-corrected chi connectivity index (χ0v) is 10.6. The molecule has 6 nitrogen and oxygen atoms in total. The number of nitrogens with one attached hydrogen (secondary N) is 1. The molecule has 0 saturated heterocycles. The molecule has 0 heterocycles. The topological polar surface area (TPSA) is 162 Å². The summed E-state index contributed by atoms with van der Waals surface area (Å²) in [4.78, 5) is 0. The van der Waals surface area contributed by atoms with Crippen LogP contribution in [0.4, 0.5) is 0 Å². The van der Waals surface area contributed by atoms with Crippen molar-refractivity contribution in [3.05, 3.63) is 23.1 Å². The molecule has 0 fully saturated rings. The predicted octanol–water partition coefficient (Wildman–Crippen LogP) is -0.0438. The van der Waals surface area contributed by atoms with Crippen molar-refractivity contribution in [1.29, 1.82) is 0 Å². The van der Waals surface area contributed by atoms with E-state index in [0.717, 1.165) is 0 Å². The summed E-state index contributed by atoms with van der Waals surface area (Å²) in [5.74, 6) is 0. The fourth-order valence-corrected chi connectivity index (χ4v) is 0. The summed E-state index contributed by atoms with van der Waals surface area (Å²) in [6.07, 6.45) is 0.500. The Kier molecular flexibility index (Phi) is 77.4. The number of nitrogens with zero attached hydrogens (tertiary/aromatic N) is 1. The molecule has 8 heteroatoms. The van der Waals surface area contributed by atoms with Crippen LogP contribution in [0.15, 0.2) is 12.0 Å². The molecule has 0 bridgehead atoms. The van der Waals surface area contributed by atoms with Crippen LogP contribution in [0, 0.1) is 0 Å². The number of hydrogen-bond donors (Lipinski definition) is 2. The Morgan fingerprint density at radius 2 is 1.43 bits per heavy atom. The molecule has 0 spiro atoms. The molecule has 2 radical (unpaired) electrons. The van der Waals surface area contributed by atoms with Crippen LogP contribution in [0.25, 0.3) is 11.1 Å². The zero-order valence-electron chi connectivity index (χ0n) is 8.22. The third-order valence-electron chi connectivity index (χ3n) is 0.386. The van der Waals surface area contributed by atoms with Gasteiger partial charge in [0.1, 0.15) is 0 Å². The van der Waals surface area contributed by atoms with Gasteiger partial charge in [-0.15, -0.1) is 6.61 Å². The molecule has 7 N–H and O–H groups in total. The molecule has 0 amide bonds. The van der Waals surface area contributed by atoms with Crippen LogP contribution >= 0.6 is 0 Å². The summed E-state index contributed by atoms with van der Waals surface area (Å²) >= 11 is 0. The van der Waals surface area contributed by atoms with Crippen molar-refractivity contribution in [2.24, 2.45) is 0 Å². The number of rotatable bonds is 1. The molecular formula is C6H16Mn2N4O2. The largest absolute Gasteiger partial charge is 2.00 e. The van der Waals surface area contributed by atoms with Crippen molar-refractivity contribution in [2.45, 2.75) is 13.8 Å². The summed E-state index contributed by atoms with van der Waals surface area (Å²) in [6, 6.07) is 0. The van der Waals surface area contributed by atoms with E-state index in [4.69, 9.17) is 11.1 Å². The van der Waals surface area contributed by atoms with E-state index in [-0.39, 0.29) is 57.8 Å². The van der Waals surface area contributed by atoms with Gasteiger partial charge in [0, 0.05) is 0 Å². The van der Waals surface area contributed by atoms with E-state index in [1.54, 1.807) is 0 Å². The first-order valence-electron chi connectivity index (χ1n) is 2.64. The van der Waals surface area contributed by atoms with Gasteiger partial charge in [-0.1, -0.05) is 13.8 Å². The molecule has 0 unspecified atom stereocenters. The van der Waals surface area contributed by atoms with Gasteiger partial charge in [-0.3, -0.25) is 0 Å². The fourth-order valence-electron chi connectivity index (χ4n) is 0. The van der Waals surface area contributed by atoms with Gasteiger partial charge in [-0.25, -0.2) is 5.71 Å². The zero-order chi connectivity index (χ0) is 8.57. The van der Waals surface area contributed by atoms with Crippen LogP contribution in [0.3, 0.4) is 0 Å². The average Bonchev–Trinajstić information content (AvgIpc) is 1.89. The third-order valence-corrected chi connectivity index (χ3v) is 0.386. The minimum atomic E-state index is -0.472. The van der Waals surface area contributed by atoms with E-state index >= 15 is 0 Å². The molecule has 0 aliphatic rings. The van der Waals surface area contributed by atoms with Gasteiger partial charge in [-0.2, -0.15) is 12.0 Å². The van der Waals surface area contributed by atoms with Crippen molar-refractivity contribution in [2.75, 3.05) is 6.61 Å². The van der Waals surface area contributed by atoms with Crippen molar-refractivity contribution in [3.8, 4) is 0 Å². The molecule has 14 heavy (non-hydrogen) atoms. The Morgan fingerprint density at radius 1 is 1.29 bits per heavy atom. The van der Waals surface area contributed by atoms with Gasteiger partial charge >= 0.3 is 34.1 Å². The van der Waals surface area contributed by atoms with Gasteiger partial charge < -0.3 is 33.7 Å². The quantitative estimate of drug-likeness (QED) is 0.392. The van der Waals surface area contributed by atoms with Crippen LogP contribution in [0.5, 0.6) is 0 Å². The molecule has 0 aromatic rings. The first-order valence-corrected chi connectivity index (χ1v) is 2.64. The van der Waals surface area contributed by atoms with Gasteiger partial charge in [0.2, 0.25) is 0 Å². The summed E-state index contributed by atoms with van der Waals surface area (Å²) < 4.78 is 0. The molecule has 0 aliphatic carbocycles. The number of allylic oxidation sites excluding steroid dienone is 1. The first-order chi connectivity index (χ1) is 4.54. The molecule has 0 rings (SSSR count). The van der Waals surface area contributed by atoms with E-state index in [1.165, 1.54) is 13.8 Å². The van der Waals surface area contributed by atoms with Crippen LogP contribution < -0.4 is 22.5 Å². The van der Waals surface area contributed by atoms with E-state index in [0.29, 0.717) is 6.26 Å². The van der Waals surface area contributed by atoms with Crippen molar-refractivity contribution >= 4 is 5.71 Å². The van der Waals surface area contributed by atoms with Gasteiger partial charge in [-0.05, 0) is 0 Å². The Hall–Kier alpha value is -0.0710. The maximum absolute atomic E-state index is 9.34. The van der Waals surface area contributed by atoms with Crippen LogP contribution in [-0.4, -0.2) is 12.3 Å². The maximum Gasteiger partial charge on any atom is 2.00 e. The van der Waals surface area contributed by atoms with Crippen molar-refractivity contribution in [3.63, 3.8) is 0 Å². The molecule has 0 aromatic heterocycles. The van der Waals surface area contributed by atoms with Gasteiger partial charge in [0.15, 0.2) is 0 Å². The van der Waals surface area contributed by atoms with Crippen LogP contribution in [-0.2, 0) is 34.1 Å². The molecule has 0 saturated carbocycles. The maximum atomic E-state index is 9.34. The standard InChI is InChI=1S/C3H6NO.C3H5NO.2Mn.2H3N/c2*1-3(4)2-5;;;;/h2,4-5H,1H3;2H2,1H3;;;2*1H3/q-1;-2;2*+2;;/p-1. The number of hydrogen-bond acceptors (Lipinski definition) is 4. The second-order valence-electron chi connectivity index (χ2n) is 1.68. The molecule has 0 aromatic carbocycles. The van der Waals surface area contributed by atoms with Crippen LogP contribution in [0.1, 0.15) is 13.8 Å². The second kappa shape index (κ2) is 29.3. The van der Waals surface area contributed by atoms with E-state index in [9.17, 15) is 10.2 Å². The Balaban J connectivity index is -0.0000000178. The van der Waals surface area contributed by atoms with Crippen molar-refractivity contribution in [1.82, 2.24) is 12.3 Å². The van der Waals surface area contributed by atoms with E-state index in [2.05, 4.69) is 0 Å². The van der Waals surface area contributed by atoms with Crippen LogP contribution in [0.2, 0.25) is 0 Å². The smallest absolute Gasteiger partial charge is 0.879 e. The Labute approximate surface area is 106 Å². The minimum absolute atomic E-state index is 0. The predicted molar refractivity (Wildman–Crippen MR) is 47.0 cm³/mol. The normalized spacial score (nSPS) is 6.93. The van der Waals surface area contributed by atoms with Gasteiger partial charge in [0.05, 0.1) is 0 Å².